The van der Waals surface area contributed by atoms with Crippen molar-refractivity contribution < 1.29 is 9.53 Å². The third-order valence-electron chi connectivity index (χ3n) is 6.15. The van der Waals surface area contributed by atoms with Crippen LogP contribution in [-0.4, -0.2) is 37.1 Å². The second-order valence-corrected chi connectivity index (χ2v) is 8.62. The zero-order valence-corrected chi connectivity index (χ0v) is 17.2. The first kappa shape index (κ1) is 18.0. The van der Waals surface area contributed by atoms with Gasteiger partial charge < -0.3 is 15.0 Å². The van der Waals surface area contributed by atoms with Crippen LogP contribution in [0.15, 0.2) is 59.1 Å². The Bertz CT molecular complexity index is 919. The number of amides is 1. The molecule has 1 amide bonds. The van der Waals surface area contributed by atoms with Crippen molar-refractivity contribution in [3.8, 4) is 0 Å². The van der Waals surface area contributed by atoms with Gasteiger partial charge in [0.2, 0.25) is 0 Å². The molecule has 5 heteroatoms. The summed E-state index contributed by atoms with van der Waals surface area (Å²) in [5.74, 6) is 0.924. The van der Waals surface area contributed by atoms with Crippen molar-refractivity contribution in [2.75, 3.05) is 31.6 Å². The van der Waals surface area contributed by atoms with Crippen molar-refractivity contribution in [3.05, 3.63) is 75.8 Å². The molecule has 1 aliphatic carbocycles. The van der Waals surface area contributed by atoms with Gasteiger partial charge >= 0.3 is 0 Å². The summed E-state index contributed by atoms with van der Waals surface area (Å²) in [6.07, 6.45) is 5.66. The first-order valence-corrected chi connectivity index (χ1v) is 10.7. The summed E-state index contributed by atoms with van der Waals surface area (Å²) >= 11 is 3.53. The van der Waals surface area contributed by atoms with E-state index in [2.05, 4.69) is 63.7 Å². The quantitative estimate of drug-likeness (QED) is 0.687. The number of nitrogens with zero attached hydrogens (tertiary/aromatic N) is 1. The zero-order chi connectivity index (χ0) is 19.1. The molecule has 0 unspecified atom stereocenters. The van der Waals surface area contributed by atoms with Gasteiger partial charge in [-0.3, -0.25) is 4.79 Å². The number of para-hydroxylation sites is 1. The van der Waals surface area contributed by atoms with Crippen molar-refractivity contribution in [1.29, 1.82) is 0 Å². The lowest BCUT2D eigenvalue weighted by Gasteiger charge is -2.39. The molecule has 5 rings (SSSR count). The van der Waals surface area contributed by atoms with E-state index >= 15 is 0 Å². The van der Waals surface area contributed by atoms with Gasteiger partial charge in [-0.15, -0.1) is 0 Å². The average molecular weight is 439 g/mol. The van der Waals surface area contributed by atoms with E-state index in [0.717, 1.165) is 22.1 Å². The van der Waals surface area contributed by atoms with E-state index in [-0.39, 0.29) is 11.9 Å². The van der Waals surface area contributed by atoms with Crippen LogP contribution in [0.1, 0.15) is 39.9 Å². The van der Waals surface area contributed by atoms with E-state index in [1.54, 1.807) is 0 Å². The molecular weight excluding hydrogens is 416 g/mol. The van der Waals surface area contributed by atoms with Gasteiger partial charge in [0.05, 0.1) is 30.5 Å². The first-order chi connectivity index (χ1) is 13.7. The van der Waals surface area contributed by atoms with Gasteiger partial charge in [0.1, 0.15) is 0 Å². The molecule has 3 aliphatic rings. The Hall–Kier alpha value is -2.11. The minimum Gasteiger partial charge on any atom is -0.378 e. The summed E-state index contributed by atoms with van der Waals surface area (Å²) in [5.41, 5.74) is 4.28. The summed E-state index contributed by atoms with van der Waals surface area (Å²) in [7, 11) is 0. The average Bonchev–Trinajstić information content (AvgIpc) is 3.24. The maximum absolute atomic E-state index is 13.3. The molecule has 3 atom stereocenters. The van der Waals surface area contributed by atoms with Gasteiger partial charge in [0.25, 0.3) is 5.91 Å². The van der Waals surface area contributed by atoms with Crippen molar-refractivity contribution in [1.82, 2.24) is 4.90 Å². The SMILES string of the molecule is O=C(c1cccc2c1N[C@H](c1ccc(Br)cc1)[C@@H]1CC=C[C@H]21)N1CCOCC1. The monoisotopic (exact) mass is 438 g/mol. The summed E-state index contributed by atoms with van der Waals surface area (Å²) in [4.78, 5) is 15.2. The number of nitrogens with one attached hydrogen (secondary N) is 1. The lowest BCUT2D eigenvalue weighted by atomic mass is 9.76. The van der Waals surface area contributed by atoms with Crippen LogP contribution < -0.4 is 5.32 Å². The molecular formula is C23H23BrN2O2. The topological polar surface area (TPSA) is 41.6 Å². The number of ether oxygens (including phenoxy) is 1. The van der Waals surface area contributed by atoms with E-state index in [0.29, 0.717) is 38.1 Å². The van der Waals surface area contributed by atoms with Gasteiger partial charge in [0, 0.05) is 23.5 Å². The molecule has 4 nitrogen and oxygen atoms in total. The highest BCUT2D eigenvalue weighted by Gasteiger charge is 2.39. The van der Waals surface area contributed by atoms with E-state index in [4.69, 9.17) is 4.74 Å². The Labute approximate surface area is 173 Å². The highest BCUT2D eigenvalue weighted by Crippen LogP contribution is 2.50. The third-order valence-corrected chi connectivity index (χ3v) is 6.68. The molecule has 1 N–H and O–H groups in total. The van der Waals surface area contributed by atoms with Gasteiger partial charge in [0.15, 0.2) is 0 Å². The fourth-order valence-electron chi connectivity index (χ4n) is 4.74. The second kappa shape index (κ2) is 7.37. The van der Waals surface area contributed by atoms with E-state index in [1.165, 1.54) is 11.1 Å². The summed E-state index contributed by atoms with van der Waals surface area (Å²) in [6.45, 7) is 2.54. The molecule has 0 aromatic heterocycles. The van der Waals surface area contributed by atoms with Crippen molar-refractivity contribution in [2.45, 2.75) is 18.4 Å². The Kier molecular flexibility index (Phi) is 4.73. The molecule has 0 bridgehead atoms. The number of halogens is 1. The Morgan fingerprint density at radius 2 is 1.89 bits per heavy atom. The van der Waals surface area contributed by atoms with Crippen molar-refractivity contribution >= 4 is 27.5 Å². The number of morpholine rings is 1. The molecule has 2 aromatic carbocycles. The minimum atomic E-state index is 0.0997. The van der Waals surface area contributed by atoms with Crippen LogP contribution in [0.2, 0.25) is 0 Å². The van der Waals surface area contributed by atoms with Crippen molar-refractivity contribution in [2.24, 2.45) is 5.92 Å². The van der Waals surface area contributed by atoms with Gasteiger partial charge in [-0.05, 0) is 41.7 Å². The zero-order valence-electron chi connectivity index (χ0n) is 15.6. The van der Waals surface area contributed by atoms with Gasteiger partial charge in [-0.1, -0.05) is 52.3 Å². The summed E-state index contributed by atoms with van der Waals surface area (Å²) in [6, 6.07) is 14.9. The smallest absolute Gasteiger partial charge is 0.256 e. The lowest BCUT2D eigenvalue weighted by Crippen LogP contribution is -2.41. The van der Waals surface area contributed by atoms with Crippen LogP contribution in [-0.2, 0) is 4.74 Å². The van der Waals surface area contributed by atoms with Crippen LogP contribution in [0.4, 0.5) is 5.69 Å². The highest BCUT2D eigenvalue weighted by molar-refractivity contribution is 9.10. The molecule has 1 saturated heterocycles. The highest BCUT2D eigenvalue weighted by atomic mass is 79.9. The minimum absolute atomic E-state index is 0.0997. The fourth-order valence-corrected chi connectivity index (χ4v) is 5.00. The molecule has 2 aromatic rings. The maximum Gasteiger partial charge on any atom is 0.256 e. The number of rotatable bonds is 2. The molecule has 2 aliphatic heterocycles. The first-order valence-electron chi connectivity index (χ1n) is 9.91. The van der Waals surface area contributed by atoms with E-state index in [1.807, 2.05) is 17.0 Å². The predicted octanol–water partition coefficient (Wildman–Crippen LogP) is 4.75. The third kappa shape index (κ3) is 3.07. The van der Waals surface area contributed by atoms with Crippen LogP contribution in [0.5, 0.6) is 0 Å². The largest absolute Gasteiger partial charge is 0.378 e. The Morgan fingerprint density at radius 3 is 2.68 bits per heavy atom. The summed E-state index contributed by atoms with van der Waals surface area (Å²) in [5, 5.41) is 3.76. The number of anilines is 1. The van der Waals surface area contributed by atoms with E-state index in [9.17, 15) is 4.79 Å². The van der Waals surface area contributed by atoms with Crippen LogP contribution >= 0.6 is 15.9 Å². The Balaban J connectivity index is 1.55. The van der Waals surface area contributed by atoms with Crippen LogP contribution in [0.3, 0.4) is 0 Å². The molecule has 0 radical (unpaired) electrons. The molecule has 0 saturated carbocycles. The number of carbonyl (C=O) groups is 1. The number of benzene rings is 2. The molecule has 1 fully saturated rings. The van der Waals surface area contributed by atoms with Crippen LogP contribution in [0.25, 0.3) is 0 Å². The fraction of sp³-hybridized carbons (Fsp3) is 0.348. The number of hydrogen-bond acceptors (Lipinski definition) is 3. The molecule has 144 valence electrons. The second-order valence-electron chi connectivity index (χ2n) is 7.70. The summed E-state index contributed by atoms with van der Waals surface area (Å²) < 4.78 is 6.50. The molecule has 28 heavy (non-hydrogen) atoms. The maximum atomic E-state index is 13.3. The number of hydrogen-bond donors (Lipinski definition) is 1. The number of carbonyl (C=O) groups excluding carboxylic acids is 1. The Morgan fingerprint density at radius 1 is 1.11 bits per heavy atom. The van der Waals surface area contributed by atoms with Crippen LogP contribution in [0, 0.1) is 5.92 Å². The molecule has 0 spiro atoms. The lowest BCUT2D eigenvalue weighted by molar-refractivity contribution is 0.0303. The van der Waals surface area contributed by atoms with Gasteiger partial charge in [-0.2, -0.15) is 0 Å². The molecule has 2 heterocycles. The van der Waals surface area contributed by atoms with E-state index < -0.39 is 0 Å². The van der Waals surface area contributed by atoms with Crippen molar-refractivity contribution in [3.63, 3.8) is 0 Å². The predicted molar refractivity (Wildman–Crippen MR) is 114 cm³/mol. The van der Waals surface area contributed by atoms with Gasteiger partial charge in [-0.25, -0.2) is 0 Å². The number of fused-ring (bicyclic) bond motifs is 3. The normalized spacial score (nSPS) is 25.8. The standard InChI is InChI=1S/C23H23BrN2O2/c24-16-9-7-15(8-10-16)21-18-4-1-3-17(18)19-5-2-6-20(22(19)25-21)23(27)26-11-13-28-14-12-26/h1-3,5-10,17-18,21,25H,4,11-14H2/t17-,18+,21+/m0/s1. The number of allylic oxidation sites excluding steroid dienone is 2.